The van der Waals surface area contributed by atoms with Crippen LogP contribution in [0, 0.1) is 0 Å². The van der Waals surface area contributed by atoms with Gasteiger partial charge >= 0.3 is 0 Å². The van der Waals surface area contributed by atoms with Crippen molar-refractivity contribution < 1.29 is 0 Å². The van der Waals surface area contributed by atoms with Crippen molar-refractivity contribution in [2.75, 3.05) is 13.1 Å². The maximum atomic E-state index is 3.05. The molecule has 0 aromatic rings. The van der Waals surface area contributed by atoms with E-state index in [0.717, 1.165) is 12.1 Å². The van der Waals surface area contributed by atoms with Crippen molar-refractivity contribution in [3.8, 4) is 0 Å². The van der Waals surface area contributed by atoms with Crippen LogP contribution < -0.4 is 0 Å². The first kappa shape index (κ1) is 23.6. The highest BCUT2D eigenvalue weighted by Gasteiger charge is 2.31. The third-order valence-electron chi connectivity index (χ3n) is 8.06. The van der Waals surface area contributed by atoms with Gasteiger partial charge in [0.15, 0.2) is 0 Å². The maximum absolute atomic E-state index is 3.05. The van der Waals surface area contributed by atoms with Gasteiger partial charge in [0, 0.05) is 25.2 Å². The molecule has 1 aliphatic heterocycles. The zero-order chi connectivity index (χ0) is 20.0. The topological polar surface area (TPSA) is 6.48 Å². The molecule has 0 radical (unpaired) electrons. The number of nitrogens with zero attached hydrogens (tertiary/aromatic N) is 2. The summed E-state index contributed by atoms with van der Waals surface area (Å²) in [6.45, 7) is 2.68. The van der Waals surface area contributed by atoms with Crippen LogP contribution in [-0.2, 0) is 0 Å². The predicted octanol–water partition coefficient (Wildman–Crippen LogP) is 8.26. The van der Waals surface area contributed by atoms with Gasteiger partial charge in [-0.3, -0.25) is 0 Å². The Labute approximate surface area is 183 Å². The van der Waals surface area contributed by atoms with E-state index in [9.17, 15) is 0 Å². The van der Waals surface area contributed by atoms with Crippen LogP contribution in [0.15, 0.2) is 0 Å². The summed E-state index contributed by atoms with van der Waals surface area (Å²) in [5.74, 6) is 0. The highest BCUT2D eigenvalue weighted by atomic mass is 15.6. The molecule has 0 amide bonds. The molecular weight excluding hydrogens is 352 g/mol. The van der Waals surface area contributed by atoms with E-state index in [2.05, 4.69) is 10.0 Å². The average molecular weight is 405 g/mol. The Morgan fingerprint density at radius 1 is 0.345 bits per heavy atom. The summed E-state index contributed by atoms with van der Waals surface area (Å²) >= 11 is 0. The fourth-order valence-electron chi connectivity index (χ4n) is 6.33. The SMILES string of the molecule is C1CCCCCC(N(C2CCCCCCCCCC2)N2CCCCC2)CCCC1. The first-order chi connectivity index (χ1) is 14.4. The van der Waals surface area contributed by atoms with Gasteiger partial charge in [0.2, 0.25) is 0 Å². The number of piperidine rings is 1. The lowest BCUT2D eigenvalue weighted by atomic mass is 9.96. The molecule has 0 aromatic carbocycles. The van der Waals surface area contributed by atoms with Crippen LogP contribution in [-0.4, -0.2) is 35.2 Å². The van der Waals surface area contributed by atoms with Crippen molar-refractivity contribution in [1.82, 2.24) is 10.0 Å². The fourth-order valence-corrected chi connectivity index (χ4v) is 6.33. The molecule has 0 atom stereocenters. The van der Waals surface area contributed by atoms with E-state index in [1.807, 2.05) is 0 Å². The molecule has 1 heterocycles. The average Bonchev–Trinajstić information content (AvgIpc) is 2.86. The van der Waals surface area contributed by atoms with E-state index >= 15 is 0 Å². The Bertz CT molecular complexity index is 338. The second-order valence-corrected chi connectivity index (χ2v) is 10.5. The molecule has 170 valence electrons. The van der Waals surface area contributed by atoms with Gasteiger partial charge in [0.05, 0.1) is 0 Å². The molecule has 3 aliphatic rings. The lowest BCUT2D eigenvalue weighted by Gasteiger charge is -2.47. The summed E-state index contributed by atoms with van der Waals surface area (Å²) in [5, 5.41) is 5.92. The van der Waals surface area contributed by atoms with Crippen LogP contribution in [0.1, 0.15) is 148 Å². The zero-order valence-corrected chi connectivity index (χ0v) is 19.7. The molecule has 3 rings (SSSR count). The summed E-state index contributed by atoms with van der Waals surface area (Å²) in [4.78, 5) is 0. The standard InChI is InChI=1S/C27H52N2/c1-2-6-10-15-21-26(20-14-9-5-1)29(28-24-18-13-19-25-28)27-22-16-11-7-3-4-8-12-17-23-27/h26-27H,1-25H2. The Morgan fingerprint density at radius 2 is 0.621 bits per heavy atom. The Hall–Kier alpha value is -0.0800. The van der Waals surface area contributed by atoms with E-state index in [0.29, 0.717) is 0 Å². The number of hydrogen-bond acceptors (Lipinski definition) is 2. The third kappa shape index (κ3) is 8.90. The van der Waals surface area contributed by atoms with Crippen molar-refractivity contribution in [2.45, 2.75) is 160 Å². The molecular formula is C27H52N2. The molecule has 2 saturated carbocycles. The lowest BCUT2D eigenvalue weighted by molar-refractivity contribution is -0.114. The summed E-state index contributed by atoms with van der Waals surface area (Å²) in [6.07, 6.45) is 33.9. The van der Waals surface area contributed by atoms with E-state index in [1.54, 1.807) is 0 Å². The number of hydrazine groups is 1. The van der Waals surface area contributed by atoms with E-state index < -0.39 is 0 Å². The third-order valence-corrected chi connectivity index (χ3v) is 8.06. The molecule has 2 nitrogen and oxygen atoms in total. The number of rotatable bonds is 3. The second kappa shape index (κ2) is 14.8. The minimum absolute atomic E-state index is 0.835. The molecule has 0 N–H and O–H groups in total. The van der Waals surface area contributed by atoms with E-state index in [4.69, 9.17) is 0 Å². The fraction of sp³-hybridized carbons (Fsp3) is 1.00. The molecule has 0 unspecified atom stereocenters. The van der Waals surface area contributed by atoms with Gasteiger partial charge < -0.3 is 0 Å². The van der Waals surface area contributed by atoms with Gasteiger partial charge in [-0.05, 0) is 38.5 Å². The van der Waals surface area contributed by atoms with Gasteiger partial charge in [-0.25, -0.2) is 10.0 Å². The first-order valence-electron chi connectivity index (χ1n) is 14.0. The summed E-state index contributed by atoms with van der Waals surface area (Å²) in [6, 6.07) is 1.67. The van der Waals surface area contributed by atoms with Gasteiger partial charge in [-0.1, -0.05) is 109 Å². The van der Waals surface area contributed by atoms with Crippen molar-refractivity contribution in [2.24, 2.45) is 0 Å². The van der Waals surface area contributed by atoms with Gasteiger partial charge in [0.1, 0.15) is 0 Å². The molecule has 0 spiro atoms. The summed E-state index contributed by atoms with van der Waals surface area (Å²) in [5.41, 5.74) is 0. The van der Waals surface area contributed by atoms with Crippen molar-refractivity contribution in [3.05, 3.63) is 0 Å². The summed E-state index contributed by atoms with van der Waals surface area (Å²) in [7, 11) is 0. The van der Waals surface area contributed by atoms with Gasteiger partial charge in [-0.2, -0.15) is 0 Å². The molecule has 3 fully saturated rings. The molecule has 29 heavy (non-hydrogen) atoms. The monoisotopic (exact) mass is 404 g/mol. The Balaban J connectivity index is 1.70. The number of hydrogen-bond donors (Lipinski definition) is 0. The van der Waals surface area contributed by atoms with Crippen LogP contribution in [0.3, 0.4) is 0 Å². The Morgan fingerprint density at radius 3 is 0.966 bits per heavy atom. The van der Waals surface area contributed by atoms with Crippen molar-refractivity contribution in [3.63, 3.8) is 0 Å². The highest BCUT2D eigenvalue weighted by molar-refractivity contribution is 4.81. The van der Waals surface area contributed by atoms with Crippen LogP contribution in [0.4, 0.5) is 0 Å². The van der Waals surface area contributed by atoms with Gasteiger partial charge in [0.25, 0.3) is 0 Å². The minimum Gasteiger partial charge on any atom is -0.241 e. The normalized spacial score (nSPS) is 27.2. The largest absolute Gasteiger partial charge is 0.241 e. The van der Waals surface area contributed by atoms with Crippen LogP contribution in [0.25, 0.3) is 0 Å². The van der Waals surface area contributed by atoms with Crippen molar-refractivity contribution >= 4 is 0 Å². The smallest absolute Gasteiger partial charge is 0.0249 e. The zero-order valence-electron chi connectivity index (χ0n) is 19.7. The minimum atomic E-state index is 0.835. The van der Waals surface area contributed by atoms with E-state index in [-0.39, 0.29) is 0 Å². The molecule has 0 bridgehead atoms. The lowest BCUT2D eigenvalue weighted by Crippen LogP contribution is -2.55. The maximum Gasteiger partial charge on any atom is 0.0249 e. The van der Waals surface area contributed by atoms with Gasteiger partial charge in [-0.15, -0.1) is 0 Å². The summed E-state index contributed by atoms with van der Waals surface area (Å²) < 4.78 is 0. The van der Waals surface area contributed by atoms with Crippen LogP contribution in [0.2, 0.25) is 0 Å². The molecule has 0 aromatic heterocycles. The van der Waals surface area contributed by atoms with Crippen LogP contribution in [0.5, 0.6) is 0 Å². The highest BCUT2D eigenvalue weighted by Crippen LogP contribution is 2.30. The first-order valence-corrected chi connectivity index (χ1v) is 14.0. The Kier molecular flexibility index (Phi) is 12.1. The molecule has 2 aliphatic carbocycles. The molecule has 1 saturated heterocycles. The van der Waals surface area contributed by atoms with Crippen LogP contribution >= 0.6 is 0 Å². The van der Waals surface area contributed by atoms with Crippen molar-refractivity contribution in [1.29, 1.82) is 0 Å². The molecule has 2 heteroatoms. The van der Waals surface area contributed by atoms with E-state index in [1.165, 1.54) is 161 Å². The quantitative estimate of drug-likeness (QED) is 0.467. The predicted molar refractivity (Wildman–Crippen MR) is 127 cm³/mol. The second-order valence-electron chi connectivity index (χ2n) is 10.5.